The Morgan fingerprint density at radius 2 is 1.93 bits per heavy atom. The Labute approximate surface area is 162 Å². The van der Waals surface area contributed by atoms with Gasteiger partial charge in [0.25, 0.3) is 0 Å². The van der Waals surface area contributed by atoms with E-state index in [1.807, 2.05) is 13.8 Å². The van der Waals surface area contributed by atoms with E-state index in [-0.39, 0.29) is 17.4 Å². The summed E-state index contributed by atoms with van der Waals surface area (Å²) in [5.41, 5.74) is 2.89. The minimum absolute atomic E-state index is 0.0618. The molecule has 1 amide bonds. The lowest BCUT2D eigenvalue weighted by molar-refractivity contribution is -0.116. The molecule has 0 spiro atoms. The van der Waals surface area contributed by atoms with Crippen molar-refractivity contribution in [2.75, 3.05) is 36.5 Å². The summed E-state index contributed by atoms with van der Waals surface area (Å²) in [6.45, 7) is 6.54. The molecule has 1 aliphatic heterocycles. The van der Waals surface area contributed by atoms with Crippen molar-refractivity contribution >= 4 is 29.1 Å². The van der Waals surface area contributed by atoms with Gasteiger partial charge in [0.2, 0.25) is 11.9 Å². The molecular formula is C19H22ClFN4O2. The number of aromatic nitrogens is 2. The first kappa shape index (κ1) is 19.5. The maximum atomic E-state index is 13.2. The summed E-state index contributed by atoms with van der Waals surface area (Å²) < 4.78 is 18.6. The number of hydrogen-bond acceptors (Lipinski definition) is 5. The van der Waals surface area contributed by atoms with Gasteiger partial charge in [0, 0.05) is 19.5 Å². The summed E-state index contributed by atoms with van der Waals surface area (Å²) >= 11 is 5.78. The van der Waals surface area contributed by atoms with Crippen molar-refractivity contribution in [1.29, 1.82) is 0 Å². The maximum Gasteiger partial charge on any atom is 0.226 e. The van der Waals surface area contributed by atoms with Crippen molar-refractivity contribution in [1.82, 2.24) is 9.97 Å². The van der Waals surface area contributed by atoms with Crippen molar-refractivity contribution in [2.45, 2.75) is 26.7 Å². The second-order valence-electron chi connectivity index (χ2n) is 6.47. The number of nitrogens with zero attached hydrogens (tertiary/aromatic N) is 3. The van der Waals surface area contributed by atoms with Gasteiger partial charge < -0.3 is 15.0 Å². The van der Waals surface area contributed by atoms with E-state index in [1.165, 1.54) is 6.07 Å². The van der Waals surface area contributed by atoms with Crippen LogP contribution < -0.4 is 10.2 Å². The zero-order valence-corrected chi connectivity index (χ0v) is 16.1. The van der Waals surface area contributed by atoms with Gasteiger partial charge in [0.15, 0.2) is 0 Å². The van der Waals surface area contributed by atoms with Crippen LogP contribution in [0.3, 0.4) is 0 Å². The highest BCUT2D eigenvalue weighted by Gasteiger charge is 2.17. The van der Waals surface area contributed by atoms with E-state index in [0.29, 0.717) is 31.3 Å². The van der Waals surface area contributed by atoms with Crippen LogP contribution in [0.25, 0.3) is 0 Å². The number of rotatable bonds is 5. The van der Waals surface area contributed by atoms with Crippen LogP contribution in [0.15, 0.2) is 18.2 Å². The van der Waals surface area contributed by atoms with Gasteiger partial charge in [0.1, 0.15) is 5.82 Å². The van der Waals surface area contributed by atoms with Crippen LogP contribution in [-0.2, 0) is 16.0 Å². The Bertz CT molecular complexity index is 817. The van der Waals surface area contributed by atoms with Crippen molar-refractivity contribution in [3.63, 3.8) is 0 Å². The molecule has 1 aromatic carbocycles. The summed E-state index contributed by atoms with van der Waals surface area (Å²) in [6.07, 6.45) is 0.725. The molecule has 6 nitrogen and oxygen atoms in total. The van der Waals surface area contributed by atoms with Gasteiger partial charge >= 0.3 is 0 Å². The molecule has 0 unspecified atom stereocenters. The zero-order valence-electron chi connectivity index (χ0n) is 15.4. The Kier molecular flexibility index (Phi) is 6.23. The summed E-state index contributed by atoms with van der Waals surface area (Å²) in [6, 6.07) is 4.48. The molecular weight excluding hydrogens is 371 g/mol. The molecule has 1 aromatic heterocycles. The second kappa shape index (κ2) is 8.63. The van der Waals surface area contributed by atoms with Crippen LogP contribution in [0.5, 0.6) is 0 Å². The number of carbonyl (C=O) groups is 1. The molecule has 0 radical (unpaired) electrons. The first-order valence-electron chi connectivity index (χ1n) is 8.86. The Balaban J connectivity index is 1.63. The number of aryl methyl sites for hydroxylation is 3. The number of morpholine rings is 1. The molecule has 0 atom stereocenters. The second-order valence-corrected chi connectivity index (χ2v) is 6.87. The topological polar surface area (TPSA) is 67.3 Å². The molecule has 1 fully saturated rings. The van der Waals surface area contributed by atoms with E-state index in [0.717, 1.165) is 30.0 Å². The monoisotopic (exact) mass is 392 g/mol. The third-order valence-electron chi connectivity index (χ3n) is 4.44. The van der Waals surface area contributed by atoms with Gasteiger partial charge in [-0.2, -0.15) is 0 Å². The van der Waals surface area contributed by atoms with E-state index < -0.39 is 5.82 Å². The van der Waals surface area contributed by atoms with Gasteiger partial charge in [0.05, 0.1) is 35.3 Å². The highest BCUT2D eigenvalue weighted by molar-refractivity contribution is 6.30. The molecule has 2 heterocycles. The standard InChI is InChI=1S/C19H22ClFN4O2/c1-12-18(13(2)23-19(22-12)25-7-9-27-10-8-25)24-17(26)6-4-14-3-5-16(21)15(20)11-14/h3,5,11H,4,6-10H2,1-2H3,(H,24,26). The Hall–Kier alpha value is -2.25. The van der Waals surface area contributed by atoms with Crippen LogP contribution in [0.2, 0.25) is 5.02 Å². The molecule has 0 saturated carbocycles. The Morgan fingerprint density at radius 1 is 1.26 bits per heavy atom. The summed E-state index contributed by atoms with van der Waals surface area (Å²) in [4.78, 5) is 23.5. The average Bonchev–Trinajstić information content (AvgIpc) is 2.66. The molecule has 144 valence electrons. The molecule has 1 N–H and O–H groups in total. The highest BCUT2D eigenvalue weighted by atomic mass is 35.5. The molecule has 1 aliphatic rings. The zero-order chi connectivity index (χ0) is 19.4. The minimum Gasteiger partial charge on any atom is -0.378 e. The lowest BCUT2D eigenvalue weighted by Crippen LogP contribution is -2.37. The molecule has 27 heavy (non-hydrogen) atoms. The summed E-state index contributed by atoms with van der Waals surface area (Å²) in [7, 11) is 0. The molecule has 3 rings (SSSR count). The van der Waals surface area contributed by atoms with E-state index in [1.54, 1.807) is 12.1 Å². The van der Waals surface area contributed by atoms with E-state index in [9.17, 15) is 9.18 Å². The number of anilines is 2. The van der Waals surface area contributed by atoms with Crippen molar-refractivity contribution in [3.8, 4) is 0 Å². The average molecular weight is 393 g/mol. The van der Waals surface area contributed by atoms with E-state index >= 15 is 0 Å². The largest absolute Gasteiger partial charge is 0.378 e. The van der Waals surface area contributed by atoms with Crippen molar-refractivity contribution < 1.29 is 13.9 Å². The van der Waals surface area contributed by atoms with Crippen LogP contribution in [0, 0.1) is 19.7 Å². The number of hydrogen-bond donors (Lipinski definition) is 1. The van der Waals surface area contributed by atoms with Gasteiger partial charge in [-0.3, -0.25) is 4.79 Å². The van der Waals surface area contributed by atoms with Crippen LogP contribution in [0.1, 0.15) is 23.4 Å². The quantitative estimate of drug-likeness (QED) is 0.845. The molecule has 0 bridgehead atoms. The van der Waals surface area contributed by atoms with E-state index in [2.05, 4.69) is 20.2 Å². The molecule has 1 saturated heterocycles. The third-order valence-corrected chi connectivity index (χ3v) is 4.73. The number of benzene rings is 1. The van der Waals surface area contributed by atoms with Crippen LogP contribution in [-0.4, -0.2) is 42.2 Å². The molecule has 0 aliphatic carbocycles. The fourth-order valence-corrected chi connectivity index (χ4v) is 3.14. The fourth-order valence-electron chi connectivity index (χ4n) is 2.94. The van der Waals surface area contributed by atoms with Crippen LogP contribution >= 0.6 is 11.6 Å². The predicted molar refractivity (Wildman–Crippen MR) is 103 cm³/mol. The normalized spacial score (nSPS) is 14.3. The predicted octanol–water partition coefficient (Wildman–Crippen LogP) is 3.29. The number of amides is 1. The van der Waals surface area contributed by atoms with Gasteiger partial charge in [-0.05, 0) is 38.0 Å². The van der Waals surface area contributed by atoms with Gasteiger partial charge in [-0.25, -0.2) is 14.4 Å². The fraction of sp³-hybridized carbons (Fsp3) is 0.421. The minimum atomic E-state index is -0.464. The number of nitrogens with one attached hydrogen (secondary N) is 1. The molecule has 8 heteroatoms. The first-order chi connectivity index (χ1) is 12.9. The van der Waals surface area contributed by atoms with Crippen molar-refractivity contribution in [2.24, 2.45) is 0 Å². The summed E-state index contributed by atoms with van der Waals surface area (Å²) in [5.74, 6) is 0.0465. The maximum absolute atomic E-state index is 13.2. The lowest BCUT2D eigenvalue weighted by Gasteiger charge is -2.27. The van der Waals surface area contributed by atoms with Crippen molar-refractivity contribution in [3.05, 3.63) is 46.0 Å². The SMILES string of the molecule is Cc1nc(N2CCOCC2)nc(C)c1NC(=O)CCc1ccc(F)c(Cl)c1. The Morgan fingerprint density at radius 3 is 2.56 bits per heavy atom. The lowest BCUT2D eigenvalue weighted by atomic mass is 10.1. The number of halogens is 2. The summed E-state index contributed by atoms with van der Waals surface area (Å²) in [5, 5.41) is 2.95. The van der Waals surface area contributed by atoms with E-state index in [4.69, 9.17) is 16.3 Å². The molecule has 2 aromatic rings. The number of ether oxygens (including phenoxy) is 1. The third kappa shape index (κ3) is 4.93. The smallest absolute Gasteiger partial charge is 0.226 e. The number of carbonyl (C=O) groups excluding carboxylic acids is 1. The van der Waals surface area contributed by atoms with Crippen LogP contribution in [0.4, 0.5) is 16.0 Å². The highest BCUT2D eigenvalue weighted by Crippen LogP contribution is 2.22. The van der Waals surface area contributed by atoms with Gasteiger partial charge in [-0.1, -0.05) is 17.7 Å². The first-order valence-corrected chi connectivity index (χ1v) is 9.23. The van der Waals surface area contributed by atoms with Gasteiger partial charge in [-0.15, -0.1) is 0 Å².